The summed E-state index contributed by atoms with van der Waals surface area (Å²) in [5, 5.41) is 0. The standard InChI is InChI=1S/C9H12.C2H6/c1-2-5-9-7-3-6-8(9)4-1;1-2/h1-2,4,9H,3,5-7H2;1-2H3. The summed E-state index contributed by atoms with van der Waals surface area (Å²) in [6.07, 6.45) is 12.4. The van der Waals surface area contributed by atoms with E-state index in [1.54, 1.807) is 5.57 Å². The van der Waals surface area contributed by atoms with Gasteiger partial charge in [0.05, 0.1) is 0 Å². The van der Waals surface area contributed by atoms with Crippen LogP contribution in [-0.2, 0) is 0 Å². The van der Waals surface area contributed by atoms with Gasteiger partial charge in [0, 0.05) is 0 Å². The fraction of sp³-hybridized carbons (Fsp3) is 0.636. The molecule has 0 aliphatic heterocycles. The summed E-state index contributed by atoms with van der Waals surface area (Å²) >= 11 is 0. The highest BCUT2D eigenvalue weighted by molar-refractivity contribution is 5.23. The van der Waals surface area contributed by atoms with Crippen molar-refractivity contribution in [3.63, 3.8) is 0 Å². The molecule has 0 aromatic rings. The molecule has 2 aliphatic carbocycles. The SMILES string of the molecule is C1=CCC2CCCC2=C1.CC. The Morgan fingerprint density at radius 1 is 1.36 bits per heavy atom. The third-order valence-corrected chi connectivity index (χ3v) is 2.41. The van der Waals surface area contributed by atoms with E-state index >= 15 is 0 Å². The molecular formula is C11H18. The molecule has 0 saturated heterocycles. The van der Waals surface area contributed by atoms with Crippen LogP contribution >= 0.6 is 0 Å². The molecule has 62 valence electrons. The van der Waals surface area contributed by atoms with E-state index in [4.69, 9.17) is 0 Å². The molecule has 1 atom stereocenters. The van der Waals surface area contributed by atoms with E-state index in [1.807, 2.05) is 13.8 Å². The van der Waals surface area contributed by atoms with E-state index in [1.165, 1.54) is 25.7 Å². The second-order valence-electron chi connectivity index (χ2n) is 2.99. The Labute approximate surface area is 70.0 Å². The molecule has 0 heteroatoms. The lowest BCUT2D eigenvalue weighted by Gasteiger charge is -2.11. The summed E-state index contributed by atoms with van der Waals surface area (Å²) < 4.78 is 0. The molecule has 0 heterocycles. The molecular weight excluding hydrogens is 132 g/mol. The van der Waals surface area contributed by atoms with Crippen molar-refractivity contribution in [3.05, 3.63) is 23.8 Å². The Kier molecular flexibility index (Phi) is 3.41. The van der Waals surface area contributed by atoms with Gasteiger partial charge < -0.3 is 0 Å². The second kappa shape index (κ2) is 4.38. The Morgan fingerprint density at radius 2 is 2.18 bits per heavy atom. The molecule has 0 radical (unpaired) electrons. The maximum Gasteiger partial charge on any atom is -0.0165 e. The average molecular weight is 150 g/mol. The zero-order chi connectivity index (χ0) is 8.10. The first-order chi connectivity index (χ1) is 5.47. The van der Waals surface area contributed by atoms with Crippen LogP contribution in [0.1, 0.15) is 39.5 Å². The van der Waals surface area contributed by atoms with Crippen molar-refractivity contribution in [2.24, 2.45) is 5.92 Å². The van der Waals surface area contributed by atoms with Gasteiger partial charge in [-0.05, 0) is 31.6 Å². The molecule has 1 fully saturated rings. The molecule has 2 aliphatic rings. The number of rotatable bonds is 0. The van der Waals surface area contributed by atoms with E-state index in [2.05, 4.69) is 18.2 Å². The number of hydrogen-bond donors (Lipinski definition) is 0. The lowest BCUT2D eigenvalue weighted by Crippen LogP contribution is -1.96. The predicted octanol–water partition coefficient (Wildman–Crippen LogP) is 3.70. The van der Waals surface area contributed by atoms with Crippen molar-refractivity contribution >= 4 is 0 Å². The fourth-order valence-corrected chi connectivity index (χ4v) is 1.87. The van der Waals surface area contributed by atoms with Gasteiger partial charge in [0.2, 0.25) is 0 Å². The molecule has 0 aromatic heterocycles. The van der Waals surface area contributed by atoms with Crippen LogP contribution in [0.5, 0.6) is 0 Å². The smallest absolute Gasteiger partial charge is 0.0165 e. The van der Waals surface area contributed by atoms with Crippen LogP contribution in [0.4, 0.5) is 0 Å². The van der Waals surface area contributed by atoms with E-state index in [0.717, 1.165) is 5.92 Å². The topological polar surface area (TPSA) is 0 Å². The molecule has 1 saturated carbocycles. The van der Waals surface area contributed by atoms with Gasteiger partial charge >= 0.3 is 0 Å². The van der Waals surface area contributed by atoms with Crippen molar-refractivity contribution in [2.45, 2.75) is 39.5 Å². The van der Waals surface area contributed by atoms with E-state index in [-0.39, 0.29) is 0 Å². The van der Waals surface area contributed by atoms with Gasteiger partial charge in [-0.2, -0.15) is 0 Å². The van der Waals surface area contributed by atoms with Crippen molar-refractivity contribution < 1.29 is 0 Å². The van der Waals surface area contributed by atoms with E-state index < -0.39 is 0 Å². The lowest BCUT2D eigenvalue weighted by atomic mass is 9.95. The number of hydrogen-bond acceptors (Lipinski definition) is 0. The highest BCUT2D eigenvalue weighted by atomic mass is 14.2. The zero-order valence-corrected chi connectivity index (χ0v) is 7.64. The zero-order valence-electron chi connectivity index (χ0n) is 7.64. The minimum atomic E-state index is 0.940. The minimum Gasteiger partial charge on any atom is -0.0839 e. The summed E-state index contributed by atoms with van der Waals surface area (Å²) in [5.41, 5.74) is 1.71. The molecule has 0 amide bonds. The van der Waals surface area contributed by atoms with Crippen LogP contribution in [0.2, 0.25) is 0 Å². The van der Waals surface area contributed by atoms with Crippen LogP contribution in [0.25, 0.3) is 0 Å². The highest BCUT2D eigenvalue weighted by Gasteiger charge is 2.19. The van der Waals surface area contributed by atoms with Crippen LogP contribution < -0.4 is 0 Å². The molecule has 0 aromatic carbocycles. The molecule has 11 heavy (non-hydrogen) atoms. The van der Waals surface area contributed by atoms with Gasteiger partial charge in [0.1, 0.15) is 0 Å². The monoisotopic (exact) mass is 150 g/mol. The molecule has 0 spiro atoms. The third-order valence-electron chi connectivity index (χ3n) is 2.41. The quantitative estimate of drug-likeness (QED) is 0.494. The van der Waals surface area contributed by atoms with Crippen LogP contribution in [0, 0.1) is 5.92 Å². The summed E-state index contributed by atoms with van der Waals surface area (Å²) in [7, 11) is 0. The first-order valence-electron chi connectivity index (χ1n) is 4.82. The van der Waals surface area contributed by atoms with E-state index in [0.29, 0.717) is 0 Å². The van der Waals surface area contributed by atoms with Gasteiger partial charge in [-0.25, -0.2) is 0 Å². The Bertz CT molecular complexity index is 163. The largest absolute Gasteiger partial charge is 0.0839 e. The lowest BCUT2D eigenvalue weighted by molar-refractivity contribution is 0.633. The van der Waals surface area contributed by atoms with Crippen molar-refractivity contribution in [2.75, 3.05) is 0 Å². The van der Waals surface area contributed by atoms with Gasteiger partial charge in [-0.1, -0.05) is 37.6 Å². The predicted molar refractivity (Wildman–Crippen MR) is 50.5 cm³/mol. The summed E-state index contributed by atoms with van der Waals surface area (Å²) in [5.74, 6) is 0.940. The maximum atomic E-state index is 2.31. The second-order valence-corrected chi connectivity index (χ2v) is 2.99. The summed E-state index contributed by atoms with van der Waals surface area (Å²) in [4.78, 5) is 0. The first-order valence-corrected chi connectivity index (χ1v) is 4.82. The van der Waals surface area contributed by atoms with Crippen LogP contribution in [0.3, 0.4) is 0 Å². The first kappa shape index (κ1) is 8.58. The fourth-order valence-electron chi connectivity index (χ4n) is 1.87. The highest BCUT2D eigenvalue weighted by Crippen LogP contribution is 2.35. The van der Waals surface area contributed by atoms with Gasteiger partial charge in [0.25, 0.3) is 0 Å². The molecule has 1 unspecified atom stereocenters. The van der Waals surface area contributed by atoms with E-state index in [9.17, 15) is 0 Å². The molecule has 0 N–H and O–H groups in total. The van der Waals surface area contributed by atoms with Gasteiger partial charge in [-0.15, -0.1) is 0 Å². The maximum absolute atomic E-state index is 2.31. The van der Waals surface area contributed by atoms with Crippen molar-refractivity contribution in [1.82, 2.24) is 0 Å². The van der Waals surface area contributed by atoms with Crippen LogP contribution in [0.15, 0.2) is 23.8 Å². The Hall–Kier alpha value is -0.520. The summed E-state index contributed by atoms with van der Waals surface area (Å²) in [6, 6.07) is 0. The number of fused-ring (bicyclic) bond motifs is 1. The van der Waals surface area contributed by atoms with Crippen LogP contribution in [-0.4, -0.2) is 0 Å². The van der Waals surface area contributed by atoms with Gasteiger partial charge in [-0.3, -0.25) is 0 Å². The molecule has 0 nitrogen and oxygen atoms in total. The van der Waals surface area contributed by atoms with Gasteiger partial charge in [0.15, 0.2) is 0 Å². The average Bonchev–Trinajstić information content (AvgIpc) is 2.55. The minimum absolute atomic E-state index is 0.940. The number of allylic oxidation sites excluding steroid dienone is 4. The molecule has 0 bridgehead atoms. The van der Waals surface area contributed by atoms with Crippen molar-refractivity contribution in [1.29, 1.82) is 0 Å². The third kappa shape index (κ3) is 1.95. The van der Waals surface area contributed by atoms with Crippen molar-refractivity contribution in [3.8, 4) is 0 Å². The Balaban J connectivity index is 0.000000281. The summed E-state index contributed by atoms with van der Waals surface area (Å²) in [6.45, 7) is 4.00. The Morgan fingerprint density at radius 3 is 2.91 bits per heavy atom. The normalized spacial score (nSPS) is 26.7. The molecule has 2 rings (SSSR count).